The number of hydrogen-bond donors (Lipinski definition) is 1. The van der Waals surface area contributed by atoms with Crippen LogP contribution < -0.4 is 4.74 Å². The zero-order valence-electron chi connectivity index (χ0n) is 6.71. The molecular weight excluding hydrogens is 234 g/mol. The molecular formula is C8H5Cl2FO3. The lowest BCUT2D eigenvalue weighted by Crippen LogP contribution is -2.20. The second kappa shape index (κ2) is 4.48. The van der Waals surface area contributed by atoms with E-state index in [1.165, 1.54) is 6.07 Å². The Hall–Kier alpha value is -1.00. The van der Waals surface area contributed by atoms with E-state index in [0.717, 1.165) is 12.1 Å². The maximum atomic E-state index is 12.6. The van der Waals surface area contributed by atoms with Crippen molar-refractivity contribution >= 4 is 29.2 Å². The van der Waals surface area contributed by atoms with Crippen LogP contribution in [0.2, 0.25) is 5.02 Å². The number of carboxylic acid groups (broad SMARTS) is 1. The molecule has 1 aromatic rings. The van der Waals surface area contributed by atoms with Gasteiger partial charge in [-0.25, -0.2) is 9.18 Å². The third kappa shape index (κ3) is 2.75. The molecule has 0 saturated carbocycles. The Kier molecular flexibility index (Phi) is 3.55. The Morgan fingerprint density at radius 1 is 1.57 bits per heavy atom. The molecule has 14 heavy (non-hydrogen) atoms. The molecule has 1 unspecified atom stereocenters. The summed E-state index contributed by atoms with van der Waals surface area (Å²) in [6.45, 7) is 0. The number of aliphatic carboxylic acids is 1. The van der Waals surface area contributed by atoms with Crippen molar-refractivity contribution in [1.82, 2.24) is 0 Å². The van der Waals surface area contributed by atoms with Gasteiger partial charge in [0.15, 0.2) is 0 Å². The SMILES string of the molecule is O=C(O)C(Cl)Oc1ccc(F)cc1Cl. The molecule has 1 atom stereocenters. The summed E-state index contributed by atoms with van der Waals surface area (Å²) in [5, 5.41) is 8.38. The molecule has 1 aromatic carbocycles. The topological polar surface area (TPSA) is 46.5 Å². The fourth-order valence-corrected chi connectivity index (χ4v) is 1.04. The Labute approximate surface area is 89.0 Å². The monoisotopic (exact) mass is 238 g/mol. The van der Waals surface area contributed by atoms with Crippen molar-refractivity contribution in [3.63, 3.8) is 0 Å². The maximum Gasteiger partial charge on any atom is 0.360 e. The van der Waals surface area contributed by atoms with Crippen molar-refractivity contribution < 1.29 is 19.0 Å². The maximum absolute atomic E-state index is 12.6. The molecule has 0 aliphatic heterocycles. The molecule has 0 spiro atoms. The number of benzene rings is 1. The molecule has 76 valence electrons. The highest BCUT2D eigenvalue weighted by molar-refractivity contribution is 6.32. The normalized spacial score (nSPS) is 12.2. The van der Waals surface area contributed by atoms with Crippen LogP contribution >= 0.6 is 23.2 Å². The predicted molar refractivity (Wildman–Crippen MR) is 49.3 cm³/mol. The van der Waals surface area contributed by atoms with Crippen LogP contribution in [0.4, 0.5) is 4.39 Å². The third-order valence-corrected chi connectivity index (χ3v) is 1.89. The van der Waals surface area contributed by atoms with Crippen LogP contribution in [0.25, 0.3) is 0 Å². The molecule has 0 fully saturated rings. The second-order valence-electron chi connectivity index (χ2n) is 2.35. The van der Waals surface area contributed by atoms with Crippen molar-refractivity contribution in [3.8, 4) is 5.75 Å². The third-order valence-electron chi connectivity index (χ3n) is 1.32. The first-order chi connectivity index (χ1) is 6.50. The molecule has 0 saturated heterocycles. The zero-order chi connectivity index (χ0) is 10.7. The van der Waals surface area contributed by atoms with Crippen LogP contribution in [0, 0.1) is 5.82 Å². The molecule has 3 nitrogen and oxygen atoms in total. The Morgan fingerprint density at radius 3 is 2.71 bits per heavy atom. The van der Waals surface area contributed by atoms with E-state index >= 15 is 0 Å². The number of hydrogen-bond acceptors (Lipinski definition) is 2. The predicted octanol–water partition coefficient (Wildman–Crippen LogP) is 2.51. The summed E-state index contributed by atoms with van der Waals surface area (Å²) < 4.78 is 17.3. The fourth-order valence-electron chi connectivity index (χ4n) is 0.733. The van der Waals surface area contributed by atoms with Gasteiger partial charge in [-0.15, -0.1) is 0 Å². The lowest BCUT2D eigenvalue weighted by molar-refractivity contribution is -0.141. The van der Waals surface area contributed by atoms with Gasteiger partial charge in [-0.3, -0.25) is 0 Å². The van der Waals surface area contributed by atoms with Crippen LogP contribution in [0.15, 0.2) is 18.2 Å². The number of rotatable bonds is 3. The average molecular weight is 239 g/mol. The quantitative estimate of drug-likeness (QED) is 0.824. The molecule has 0 amide bonds. The first kappa shape index (κ1) is 11.1. The van der Waals surface area contributed by atoms with Crippen LogP contribution in [-0.2, 0) is 4.79 Å². The highest BCUT2D eigenvalue weighted by Crippen LogP contribution is 2.26. The Morgan fingerprint density at radius 2 is 2.21 bits per heavy atom. The Balaban J connectivity index is 2.82. The van der Waals surface area contributed by atoms with E-state index in [4.69, 9.17) is 33.0 Å². The molecule has 0 heterocycles. The molecule has 0 aliphatic carbocycles. The minimum atomic E-state index is -1.54. The van der Waals surface area contributed by atoms with E-state index in [1.807, 2.05) is 0 Å². The summed E-state index contributed by atoms with van der Waals surface area (Å²) >= 11 is 10.8. The number of alkyl halides is 1. The lowest BCUT2D eigenvalue weighted by atomic mass is 10.3. The summed E-state index contributed by atoms with van der Waals surface area (Å²) in [4.78, 5) is 10.3. The molecule has 1 rings (SSSR count). The fraction of sp³-hybridized carbons (Fsp3) is 0.125. The van der Waals surface area contributed by atoms with Gasteiger partial charge in [0.1, 0.15) is 11.6 Å². The minimum Gasteiger partial charge on any atom is -0.478 e. The first-order valence-corrected chi connectivity index (χ1v) is 4.30. The molecule has 0 radical (unpaired) electrons. The second-order valence-corrected chi connectivity index (χ2v) is 3.15. The van der Waals surface area contributed by atoms with E-state index in [9.17, 15) is 9.18 Å². The average Bonchev–Trinajstić information content (AvgIpc) is 2.09. The summed E-state index contributed by atoms with van der Waals surface area (Å²) in [6.07, 6.45) is 0. The lowest BCUT2D eigenvalue weighted by Gasteiger charge is -2.09. The van der Waals surface area contributed by atoms with E-state index in [2.05, 4.69) is 0 Å². The van der Waals surface area contributed by atoms with Crippen molar-refractivity contribution in [2.24, 2.45) is 0 Å². The Bertz CT molecular complexity index is 356. The summed E-state index contributed by atoms with van der Waals surface area (Å²) in [6, 6.07) is 3.30. The highest BCUT2D eigenvalue weighted by Gasteiger charge is 2.16. The van der Waals surface area contributed by atoms with Crippen LogP contribution in [0.5, 0.6) is 5.75 Å². The van der Waals surface area contributed by atoms with Gasteiger partial charge in [-0.05, 0) is 18.2 Å². The van der Waals surface area contributed by atoms with Gasteiger partial charge in [0.2, 0.25) is 0 Å². The zero-order valence-corrected chi connectivity index (χ0v) is 8.22. The smallest absolute Gasteiger partial charge is 0.360 e. The van der Waals surface area contributed by atoms with Crippen molar-refractivity contribution in [2.45, 2.75) is 5.56 Å². The van der Waals surface area contributed by atoms with Crippen LogP contribution in [0.3, 0.4) is 0 Å². The number of carboxylic acids is 1. The summed E-state index contributed by atoms with van der Waals surface area (Å²) in [5.41, 5.74) is -1.54. The number of halogens is 3. The van der Waals surface area contributed by atoms with Gasteiger partial charge in [-0.1, -0.05) is 23.2 Å². The standard InChI is InChI=1S/C8H5Cl2FO3/c9-5-3-4(11)1-2-6(5)14-7(10)8(12)13/h1-3,7H,(H,12,13). The van der Waals surface area contributed by atoms with Gasteiger partial charge in [-0.2, -0.15) is 0 Å². The number of ether oxygens (including phenoxy) is 1. The van der Waals surface area contributed by atoms with E-state index in [0.29, 0.717) is 0 Å². The highest BCUT2D eigenvalue weighted by atomic mass is 35.5. The van der Waals surface area contributed by atoms with Crippen LogP contribution in [0.1, 0.15) is 0 Å². The summed E-state index contributed by atoms with van der Waals surface area (Å²) in [5.74, 6) is -1.86. The van der Waals surface area contributed by atoms with E-state index in [-0.39, 0.29) is 10.8 Å². The van der Waals surface area contributed by atoms with Gasteiger partial charge < -0.3 is 9.84 Å². The largest absolute Gasteiger partial charge is 0.478 e. The van der Waals surface area contributed by atoms with Gasteiger partial charge >= 0.3 is 5.97 Å². The van der Waals surface area contributed by atoms with Crippen molar-refractivity contribution in [2.75, 3.05) is 0 Å². The summed E-state index contributed by atoms with van der Waals surface area (Å²) in [7, 11) is 0. The minimum absolute atomic E-state index is 0.0236. The van der Waals surface area contributed by atoms with E-state index in [1.54, 1.807) is 0 Å². The van der Waals surface area contributed by atoms with Crippen molar-refractivity contribution in [3.05, 3.63) is 29.0 Å². The van der Waals surface area contributed by atoms with Gasteiger partial charge in [0.25, 0.3) is 5.56 Å². The van der Waals surface area contributed by atoms with Crippen molar-refractivity contribution in [1.29, 1.82) is 0 Å². The van der Waals surface area contributed by atoms with Gasteiger partial charge in [0.05, 0.1) is 5.02 Å². The molecule has 1 N–H and O–H groups in total. The van der Waals surface area contributed by atoms with Crippen LogP contribution in [-0.4, -0.2) is 16.6 Å². The first-order valence-electron chi connectivity index (χ1n) is 3.49. The molecule has 0 aromatic heterocycles. The molecule has 0 bridgehead atoms. The van der Waals surface area contributed by atoms with E-state index < -0.39 is 17.3 Å². The number of carbonyl (C=O) groups is 1. The van der Waals surface area contributed by atoms with Gasteiger partial charge in [0, 0.05) is 0 Å². The molecule has 6 heteroatoms. The molecule has 0 aliphatic rings.